The van der Waals surface area contributed by atoms with E-state index in [0.29, 0.717) is 36.5 Å². The molecule has 0 bridgehead atoms. The van der Waals surface area contributed by atoms with Gasteiger partial charge in [-0.15, -0.1) is 0 Å². The summed E-state index contributed by atoms with van der Waals surface area (Å²) in [4.78, 5) is 47.0. The average molecular weight is 544 g/mol. The molecule has 1 amide bonds. The van der Waals surface area contributed by atoms with E-state index in [2.05, 4.69) is 17.1 Å². The molecule has 0 unspecified atom stereocenters. The molecule has 2 heterocycles. The molecule has 0 radical (unpaired) electrons. The van der Waals surface area contributed by atoms with Crippen molar-refractivity contribution in [1.29, 1.82) is 0 Å². The molecule has 0 aliphatic rings. The maximum Gasteiger partial charge on any atom is 0.439 e. The highest BCUT2D eigenvalue weighted by molar-refractivity contribution is 5.80. The van der Waals surface area contributed by atoms with Crippen LogP contribution < -0.4 is 11.3 Å². The van der Waals surface area contributed by atoms with Crippen molar-refractivity contribution in [2.45, 2.75) is 72.4 Å². The van der Waals surface area contributed by atoms with Crippen LogP contribution in [0.3, 0.4) is 0 Å². The largest absolute Gasteiger partial charge is 0.439 e. The van der Waals surface area contributed by atoms with E-state index in [0.717, 1.165) is 40.9 Å². The number of H-pyrrole nitrogens is 1. The zero-order valence-electron chi connectivity index (χ0n) is 23.9. The van der Waals surface area contributed by atoms with Crippen LogP contribution in [0.4, 0.5) is 0 Å². The van der Waals surface area contributed by atoms with Crippen molar-refractivity contribution in [3.63, 3.8) is 0 Å². The summed E-state index contributed by atoms with van der Waals surface area (Å²) >= 11 is 0. The quantitative estimate of drug-likeness (QED) is 0.292. The summed E-state index contributed by atoms with van der Waals surface area (Å²) in [6.45, 7) is 8.31. The summed E-state index contributed by atoms with van der Waals surface area (Å²) in [5, 5.41) is 3.84. The molecular formula is C31H37N5O4. The van der Waals surface area contributed by atoms with Crippen LogP contribution >= 0.6 is 0 Å². The maximum atomic E-state index is 13.7. The molecule has 0 aliphatic carbocycles. The minimum atomic E-state index is -0.605. The lowest BCUT2D eigenvalue weighted by atomic mass is 9.98. The molecule has 210 valence electrons. The molecule has 2 aromatic heterocycles. The lowest BCUT2D eigenvalue weighted by molar-refractivity contribution is -0.131. The number of carbonyl (C=O) groups excluding carboxylic acids is 1. The molecule has 0 aliphatic heterocycles. The second-order valence-electron chi connectivity index (χ2n) is 10.4. The third-order valence-electron chi connectivity index (χ3n) is 7.29. The predicted octanol–water partition coefficient (Wildman–Crippen LogP) is 4.75. The number of hydrogen-bond donors (Lipinski definition) is 1. The van der Waals surface area contributed by atoms with Crippen molar-refractivity contribution in [3.8, 4) is 22.5 Å². The van der Waals surface area contributed by atoms with Gasteiger partial charge in [-0.3, -0.25) is 23.7 Å². The van der Waals surface area contributed by atoms with Crippen molar-refractivity contribution in [2.75, 3.05) is 7.05 Å². The number of amides is 1. The molecule has 0 fully saturated rings. The molecule has 0 spiro atoms. The van der Waals surface area contributed by atoms with E-state index in [1.165, 1.54) is 0 Å². The SMILES string of the molecule is CCCCc1nc(C)c(CCC(=O)N(C)C(C)C)c(=O)n1Cc1ccc(-c2ccccc2-c2noc(=O)[nH]2)cc1. The summed E-state index contributed by atoms with van der Waals surface area (Å²) < 4.78 is 6.46. The third-order valence-corrected chi connectivity index (χ3v) is 7.29. The van der Waals surface area contributed by atoms with E-state index in [1.807, 2.05) is 69.3 Å². The summed E-state index contributed by atoms with van der Waals surface area (Å²) in [5.74, 6) is 0.545. The van der Waals surface area contributed by atoms with E-state index in [4.69, 9.17) is 9.51 Å². The highest BCUT2D eigenvalue weighted by Crippen LogP contribution is 2.30. The smallest absolute Gasteiger partial charge is 0.343 e. The number of carbonyl (C=O) groups is 1. The zero-order valence-corrected chi connectivity index (χ0v) is 23.9. The summed E-state index contributed by atoms with van der Waals surface area (Å²) in [6, 6.07) is 15.7. The molecule has 40 heavy (non-hydrogen) atoms. The Kier molecular flexibility index (Phi) is 9.14. The molecular weight excluding hydrogens is 506 g/mol. The topological polar surface area (TPSA) is 114 Å². The number of aryl methyl sites for hydroxylation is 2. The number of nitrogens with one attached hydrogen (secondary N) is 1. The normalized spacial score (nSPS) is 11.2. The first kappa shape index (κ1) is 28.7. The maximum absolute atomic E-state index is 13.7. The summed E-state index contributed by atoms with van der Waals surface area (Å²) in [5.41, 5.74) is 4.77. The van der Waals surface area contributed by atoms with Crippen LogP contribution in [-0.4, -0.2) is 43.6 Å². The van der Waals surface area contributed by atoms with Crippen LogP contribution in [0.5, 0.6) is 0 Å². The van der Waals surface area contributed by atoms with Gasteiger partial charge >= 0.3 is 5.76 Å². The number of aromatic nitrogens is 4. The first-order chi connectivity index (χ1) is 19.2. The lowest BCUT2D eigenvalue weighted by Gasteiger charge is -2.22. The Bertz CT molecular complexity index is 1580. The van der Waals surface area contributed by atoms with Crippen molar-refractivity contribution in [2.24, 2.45) is 0 Å². The number of hydrogen-bond acceptors (Lipinski definition) is 6. The second-order valence-corrected chi connectivity index (χ2v) is 10.4. The van der Waals surface area contributed by atoms with Gasteiger partial charge in [0.25, 0.3) is 5.56 Å². The van der Waals surface area contributed by atoms with Crippen LogP contribution in [0.2, 0.25) is 0 Å². The predicted molar refractivity (Wildman–Crippen MR) is 155 cm³/mol. The first-order valence-corrected chi connectivity index (χ1v) is 13.8. The first-order valence-electron chi connectivity index (χ1n) is 13.8. The Balaban J connectivity index is 1.63. The van der Waals surface area contributed by atoms with Crippen molar-refractivity contribution < 1.29 is 9.32 Å². The standard InChI is InChI=1S/C31H37N5O4/c1-6-7-12-27-32-21(4)24(17-18-28(37)35(5)20(2)3)30(38)36(27)19-22-13-15-23(16-14-22)25-10-8-9-11-26(25)29-33-31(39)40-34-29/h8-11,13-16,20H,6-7,12,17-19H2,1-5H3,(H,33,34,39). The van der Waals surface area contributed by atoms with Crippen LogP contribution in [0.15, 0.2) is 62.6 Å². The second kappa shape index (κ2) is 12.7. The fraction of sp³-hybridized carbons (Fsp3) is 0.387. The molecule has 9 heteroatoms. The van der Waals surface area contributed by atoms with Gasteiger partial charge in [-0.2, -0.15) is 0 Å². The molecule has 4 rings (SSSR count). The summed E-state index contributed by atoms with van der Waals surface area (Å²) in [7, 11) is 1.79. The van der Waals surface area contributed by atoms with Gasteiger partial charge in [0.05, 0.1) is 6.54 Å². The molecule has 0 atom stereocenters. The number of rotatable bonds is 11. The lowest BCUT2D eigenvalue weighted by Crippen LogP contribution is -2.34. The van der Waals surface area contributed by atoms with Gasteiger partial charge in [-0.1, -0.05) is 67.0 Å². The van der Waals surface area contributed by atoms with Crippen LogP contribution in [0.25, 0.3) is 22.5 Å². The highest BCUT2D eigenvalue weighted by atomic mass is 16.5. The van der Waals surface area contributed by atoms with E-state index < -0.39 is 5.76 Å². The van der Waals surface area contributed by atoms with Gasteiger partial charge in [0, 0.05) is 42.8 Å². The van der Waals surface area contributed by atoms with Gasteiger partial charge in [-0.25, -0.2) is 9.78 Å². The van der Waals surface area contributed by atoms with Crippen molar-refractivity contribution in [3.05, 3.63) is 92.1 Å². The van der Waals surface area contributed by atoms with E-state index in [-0.39, 0.29) is 23.9 Å². The Morgan fingerprint density at radius 2 is 1.75 bits per heavy atom. The van der Waals surface area contributed by atoms with E-state index in [9.17, 15) is 14.4 Å². The number of unbranched alkanes of at least 4 members (excludes halogenated alkanes) is 1. The zero-order chi connectivity index (χ0) is 28.8. The fourth-order valence-corrected chi connectivity index (χ4v) is 4.69. The van der Waals surface area contributed by atoms with Gasteiger partial charge in [0.1, 0.15) is 5.82 Å². The molecule has 1 N–H and O–H groups in total. The van der Waals surface area contributed by atoms with E-state index in [1.54, 1.807) is 16.5 Å². The van der Waals surface area contributed by atoms with Crippen molar-refractivity contribution >= 4 is 5.91 Å². The molecule has 0 saturated heterocycles. The van der Waals surface area contributed by atoms with Crippen LogP contribution in [0, 0.1) is 6.92 Å². The molecule has 9 nitrogen and oxygen atoms in total. The Morgan fingerprint density at radius 3 is 2.38 bits per heavy atom. The number of nitrogens with zero attached hydrogens (tertiary/aromatic N) is 4. The molecule has 4 aromatic rings. The fourth-order valence-electron chi connectivity index (χ4n) is 4.69. The Labute approximate surface area is 233 Å². The average Bonchev–Trinajstić information content (AvgIpc) is 3.39. The van der Waals surface area contributed by atoms with Crippen molar-refractivity contribution in [1.82, 2.24) is 24.6 Å². The summed E-state index contributed by atoms with van der Waals surface area (Å²) in [6.07, 6.45) is 3.27. The Morgan fingerprint density at radius 1 is 1.05 bits per heavy atom. The van der Waals surface area contributed by atoms with Gasteiger partial charge < -0.3 is 4.90 Å². The monoisotopic (exact) mass is 543 g/mol. The third kappa shape index (κ3) is 6.47. The molecule has 0 saturated carbocycles. The van der Waals surface area contributed by atoms with Gasteiger partial charge in [0.15, 0.2) is 5.82 Å². The molecule has 2 aromatic carbocycles. The van der Waals surface area contributed by atoms with Gasteiger partial charge in [0.2, 0.25) is 5.91 Å². The number of aromatic amines is 1. The number of benzene rings is 2. The van der Waals surface area contributed by atoms with Crippen LogP contribution in [0.1, 0.15) is 62.7 Å². The van der Waals surface area contributed by atoms with Crippen LogP contribution in [-0.2, 0) is 24.2 Å². The highest BCUT2D eigenvalue weighted by Gasteiger charge is 2.18. The minimum Gasteiger partial charge on any atom is -0.343 e. The Hall–Kier alpha value is -4.27. The minimum absolute atomic E-state index is 0.0148. The van der Waals surface area contributed by atoms with E-state index >= 15 is 0 Å². The van der Waals surface area contributed by atoms with Gasteiger partial charge in [-0.05, 0) is 50.3 Å².